The molecule has 0 aliphatic carbocycles. The number of rotatable bonds is 7. The fraction of sp³-hybridized carbons (Fsp3) is 0.136. The van der Waals surface area contributed by atoms with Crippen molar-refractivity contribution in [2.75, 3.05) is 26.5 Å². The van der Waals surface area contributed by atoms with Gasteiger partial charge in [0.1, 0.15) is 17.2 Å². The number of para-hydroxylation sites is 2. The molecule has 8 heteroatoms. The summed E-state index contributed by atoms with van der Waals surface area (Å²) in [6.07, 6.45) is 0. The third kappa shape index (κ3) is 4.61. The molecule has 0 aromatic heterocycles. The zero-order valence-corrected chi connectivity index (χ0v) is 17.6. The van der Waals surface area contributed by atoms with Crippen LogP contribution in [0.1, 0.15) is 10.4 Å². The van der Waals surface area contributed by atoms with E-state index in [9.17, 15) is 13.2 Å². The van der Waals surface area contributed by atoms with Crippen LogP contribution in [-0.2, 0) is 10.0 Å². The average molecular weight is 426 g/mol. The van der Waals surface area contributed by atoms with E-state index >= 15 is 0 Å². The highest BCUT2D eigenvalue weighted by molar-refractivity contribution is 7.89. The molecular formula is C22H22N2O5S. The zero-order chi connectivity index (χ0) is 21.7. The van der Waals surface area contributed by atoms with E-state index in [-0.39, 0.29) is 10.6 Å². The van der Waals surface area contributed by atoms with E-state index in [4.69, 9.17) is 9.47 Å². The molecule has 7 nitrogen and oxygen atoms in total. The molecular weight excluding hydrogens is 404 g/mol. The van der Waals surface area contributed by atoms with Gasteiger partial charge in [-0.15, -0.1) is 0 Å². The number of carbonyl (C=O) groups excluding carboxylic acids is 1. The highest BCUT2D eigenvalue weighted by Gasteiger charge is 2.21. The molecule has 3 aromatic carbocycles. The molecule has 0 atom stereocenters. The van der Waals surface area contributed by atoms with Gasteiger partial charge in [0.2, 0.25) is 10.0 Å². The Hall–Kier alpha value is -3.36. The molecule has 0 spiro atoms. The van der Waals surface area contributed by atoms with Gasteiger partial charge in [-0.3, -0.25) is 4.79 Å². The van der Waals surface area contributed by atoms with E-state index in [1.807, 2.05) is 18.2 Å². The van der Waals surface area contributed by atoms with Gasteiger partial charge in [0.05, 0.1) is 23.3 Å². The molecule has 0 radical (unpaired) electrons. The van der Waals surface area contributed by atoms with Crippen molar-refractivity contribution >= 4 is 21.6 Å². The lowest BCUT2D eigenvalue weighted by Crippen LogP contribution is -2.22. The summed E-state index contributed by atoms with van der Waals surface area (Å²) in [7, 11) is 0.649. The number of nitrogens with zero attached hydrogens (tertiary/aromatic N) is 1. The smallest absolute Gasteiger partial charge is 0.259 e. The first kappa shape index (κ1) is 21.4. The number of nitrogens with one attached hydrogen (secondary N) is 1. The van der Waals surface area contributed by atoms with Crippen molar-refractivity contribution in [1.82, 2.24) is 4.31 Å². The van der Waals surface area contributed by atoms with Crippen LogP contribution in [0.4, 0.5) is 5.69 Å². The Morgan fingerprint density at radius 3 is 2.23 bits per heavy atom. The Kier molecular flexibility index (Phi) is 6.39. The Morgan fingerprint density at radius 2 is 1.57 bits per heavy atom. The second-order valence-electron chi connectivity index (χ2n) is 6.51. The monoisotopic (exact) mass is 426 g/mol. The van der Waals surface area contributed by atoms with Gasteiger partial charge < -0.3 is 14.8 Å². The predicted molar refractivity (Wildman–Crippen MR) is 115 cm³/mol. The van der Waals surface area contributed by atoms with Gasteiger partial charge in [-0.1, -0.05) is 30.3 Å². The number of carbonyl (C=O) groups is 1. The predicted octanol–water partition coefficient (Wildman–Crippen LogP) is 3.99. The summed E-state index contributed by atoms with van der Waals surface area (Å²) >= 11 is 0. The summed E-state index contributed by atoms with van der Waals surface area (Å²) in [5, 5.41) is 2.73. The lowest BCUT2D eigenvalue weighted by Gasteiger charge is -2.16. The van der Waals surface area contributed by atoms with Gasteiger partial charge in [-0.25, -0.2) is 12.7 Å². The Balaban J connectivity index is 1.93. The maximum Gasteiger partial charge on any atom is 0.259 e. The molecule has 1 N–H and O–H groups in total. The van der Waals surface area contributed by atoms with Crippen molar-refractivity contribution in [2.45, 2.75) is 4.90 Å². The maximum absolute atomic E-state index is 13.0. The Bertz CT molecular complexity index is 1150. The summed E-state index contributed by atoms with van der Waals surface area (Å²) in [4.78, 5) is 13.0. The third-order valence-corrected chi connectivity index (χ3v) is 6.11. The lowest BCUT2D eigenvalue weighted by atomic mass is 10.1. The van der Waals surface area contributed by atoms with E-state index < -0.39 is 15.9 Å². The van der Waals surface area contributed by atoms with Crippen LogP contribution in [0.25, 0.3) is 0 Å². The van der Waals surface area contributed by atoms with Crippen LogP contribution in [0.3, 0.4) is 0 Å². The molecule has 0 saturated carbocycles. The minimum absolute atomic E-state index is 0.0393. The molecule has 0 saturated heterocycles. The first-order valence-corrected chi connectivity index (χ1v) is 10.5. The van der Waals surface area contributed by atoms with Gasteiger partial charge in [-0.2, -0.15) is 0 Å². The van der Waals surface area contributed by atoms with Crippen LogP contribution >= 0.6 is 0 Å². The molecule has 0 fully saturated rings. The number of anilines is 1. The second kappa shape index (κ2) is 8.98. The fourth-order valence-electron chi connectivity index (χ4n) is 2.70. The van der Waals surface area contributed by atoms with E-state index in [1.165, 1.54) is 39.4 Å². The van der Waals surface area contributed by atoms with E-state index in [1.54, 1.807) is 36.4 Å². The fourth-order valence-corrected chi connectivity index (χ4v) is 3.63. The molecule has 0 aliphatic rings. The molecule has 0 unspecified atom stereocenters. The van der Waals surface area contributed by atoms with Gasteiger partial charge in [-0.05, 0) is 42.5 Å². The molecule has 0 bridgehead atoms. The number of methoxy groups -OCH3 is 1. The minimum Gasteiger partial charge on any atom is -0.495 e. The largest absolute Gasteiger partial charge is 0.495 e. The highest BCUT2D eigenvalue weighted by atomic mass is 32.2. The first-order valence-electron chi connectivity index (χ1n) is 9.07. The van der Waals surface area contributed by atoms with Crippen molar-refractivity contribution in [3.8, 4) is 17.2 Å². The van der Waals surface area contributed by atoms with Crippen molar-refractivity contribution in [3.05, 3.63) is 78.4 Å². The average Bonchev–Trinajstić information content (AvgIpc) is 2.74. The van der Waals surface area contributed by atoms with Crippen LogP contribution in [0.15, 0.2) is 77.7 Å². The molecule has 3 rings (SSSR count). The van der Waals surface area contributed by atoms with Gasteiger partial charge in [0.15, 0.2) is 0 Å². The summed E-state index contributed by atoms with van der Waals surface area (Å²) < 4.78 is 37.1. The number of sulfonamides is 1. The summed E-state index contributed by atoms with van der Waals surface area (Å²) in [6, 6.07) is 20.2. The van der Waals surface area contributed by atoms with Crippen molar-refractivity contribution in [2.24, 2.45) is 0 Å². The summed E-state index contributed by atoms with van der Waals surface area (Å²) in [5.74, 6) is 0.841. The van der Waals surface area contributed by atoms with Gasteiger partial charge in [0.25, 0.3) is 5.91 Å². The van der Waals surface area contributed by atoms with E-state index in [0.717, 1.165) is 4.31 Å². The number of benzene rings is 3. The van der Waals surface area contributed by atoms with Crippen LogP contribution < -0.4 is 14.8 Å². The van der Waals surface area contributed by atoms with Gasteiger partial charge in [0, 0.05) is 14.1 Å². The van der Waals surface area contributed by atoms with E-state index in [0.29, 0.717) is 22.8 Å². The van der Waals surface area contributed by atoms with Gasteiger partial charge >= 0.3 is 0 Å². The quantitative estimate of drug-likeness (QED) is 0.618. The number of amides is 1. The highest BCUT2D eigenvalue weighted by Crippen LogP contribution is 2.31. The molecule has 0 aliphatic heterocycles. The summed E-state index contributed by atoms with van der Waals surface area (Å²) in [6.45, 7) is 0. The SMILES string of the molecule is COc1ccc(S(=O)(=O)N(C)C)cc1NC(=O)c1ccccc1Oc1ccccc1. The maximum atomic E-state index is 13.0. The number of hydrogen-bond donors (Lipinski definition) is 1. The summed E-state index contributed by atoms with van der Waals surface area (Å²) in [5.41, 5.74) is 0.532. The molecule has 30 heavy (non-hydrogen) atoms. The Morgan fingerprint density at radius 1 is 0.900 bits per heavy atom. The number of ether oxygens (including phenoxy) is 2. The van der Waals surface area contributed by atoms with E-state index in [2.05, 4.69) is 5.32 Å². The zero-order valence-electron chi connectivity index (χ0n) is 16.8. The Labute approximate surface area is 175 Å². The molecule has 156 valence electrons. The minimum atomic E-state index is -3.67. The van der Waals surface area contributed by atoms with Crippen LogP contribution in [0, 0.1) is 0 Å². The van der Waals surface area contributed by atoms with Crippen LogP contribution in [-0.4, -0.2) is 39.8 Å². The van der Waals surface area contributed by atoms with Crippen LogP contribution in [0.2, 0.25) is 0 Å². The lowest BCUT2D eigenvalue weighted by molar-refractivity contribution is 0.102. The van der Waals surface area contributed by atoms with Crippen molar-refractivity contribution in [1.29, 1.82) is 0 Å². The third-order valence-electron chi connectivity index (χ3n) is 4.30. The van der Waals surface area contributed by atoms with Crippen LogP contribution in [0.5, 0.6) is 17.2 Å². The first-order chi connectivity index (χ1) is 14.3. The topological polar surface area (TPSA) is 84.9 Å². The number of hydrogen-bond acceptors (Lipinski definition) is 5. The molecule has 3 aromatic rings. The van der Waals surface area contributed by atoms with Crippen molar-refractivity contribution < 1.29 is 22.7 Å². The normalized spacial score (nSPS) is 11.2. The second-order valence-corrected chi connectivity index (χ2v) is 8.67. The van der Waals surface area contributed by atoms with Crippen molar-refractivity contribution in [3.63, 3.8) is 0 Å². The molecule has 0 heterocycles. The standard InChI is InChI=1S/C22H22N2O5S/c1-24(2)30(26,27)17-13-14-21(28-3)19(15-17)23-22(25)18-11-7-8-12-20(18)29-16-9-5-4-6-10-16/h4-15H,1-3H3,(H,23,25). The molecule has 1 amide bonds.